The number of carbonyl (C=O) groups excluding carboxylic acids is 2. The maximum absolute atomic E-state index is 12.9. The van der Waals surface area contributed by atoms with Crippen LogP contribution in [0, 0.1) is 5.41 Å². The van der Waals surface area contributed by atoms with Crippen LogP contribution in [0.4, 0.5) is 19.1 Å². The van der Waals surface area contributed by atoms with Gasteiger partial charge in [-0.15, -0.1) is 0 Å². The Kier molecular flexibility index (Phi) is 9.47. The molecule has 0 radical (unpaired) electrons. The third-order valence-corrected chi connectivity index (χ3v) is 10.8. The summed E-state index contributed by atoms with van der Waals surface area (Å²) in [6.07, 6.45) is -1.39. The van der Waals surface area contributed by atoms with Crippen molar-refractivity contribution in [1.82, 2.24) is 15.0 Å². The molecule has 0 atom stereocenters. The molecular formula is C32H34ClF3N4O5S. The molecule has 5 rings (SSSR count). The van der Waals surface area contributed by atoms with E-state index in [1.165, 1.54) is 0 Å². The number of alkyl halides is 3. The van der Waals surface area contributed by atoms with Crippen LogP contribution in [-0.4, -0.2) is 58.7 Å². The fourth-order valence-corrected chi connectivity index (χ4v) is 6.28. The number of benzene rings is 2. The number of carbonyl (C=O) groups is 2. The number of hydrogen-bond acceptors (Lipinski definition) is 9. The Morgan fingerprint density at radius 3 is 2.20 bits per heavy atom. The van der Waals surface area contributed by atoms with Gasteiger partial charge in [0, 0.05) is 28.8 Å². The smallest absolute Gasteiger partial charge is 0.422 e. The van der Waals surface area contributed by atoms with Crippen molar-refractivity contribution in [3.05, 3.63) is 76.1 Å². The zero-order valence-electron chi connectivity index (χ0n) is 25.4. The number of Topliss-reactive ketones (excluding diaryl/α,β-unsaturated/α-hetero) is 2. The summed E-state index contributed by atoms with van der Waals surface area (Å²) >= 11 is 6.02. The van der Waals surface area contributed by atoms with Gasteiger partial charge < -0.3 is 10.1 Å². The van der Waals surface area contributed by atoms with Gasteiger partial charge in [0.15, 0.2) is 28.0 Å². The number of hydrogen-bond donors (Lipinski definition) is 1. The van der Waals surface area contributed by atoms with Crippen molar-refractivity contribution in [2.24, 2.45) is 5.41 Å². The third kappa shape index (κ3) is 8.41. The van der Waals surface area contributed by atoms with Gasteiger partial charge in [-0.3, -0.25) is 9.59 Å². The first kappa shape index (κ1) is 33.8. The normalized spacial score (nSPS) is 16.6. The van der Waals surface area contributed by atoms with Crippen molar-refractivity contribution in [2.45, 2.75) is 75.8 Å². The highest BCUT2D eigenvalue weighted by Gasteiger charge is 2.50. The molecule has 46 heavy (non-hydrogen) atoms. The molecule has 2 fully saturated rings. The molecule has 2 aliphatic rings. The average molecular weight is 679 g/mol. The summed E-state index contributed by atoms with van der Waals surface area (Å²) in [7, 11) is -3.51. The van der Waals surface area contributed by atoms with Gasteiger partial charge in [0.25, 0.3) is 0 Å². The Bertz CT molecular complexity index is 1710. The molecule has 0 amide bonds. The Balaban J connectivity index is 1.25. The van der Waals surface area contributed by atoms with E-state index in [1.807, 2.05) is 12.1 Å². The number of sulfone groups is 1. The molecule has 1 aromatic heterocycles. The summed E-state index contributed by atoms with van der Waals surface area (Å²) in [5.41, 5.74) is 0.823. The first-order valence-corrected chi connectivity index (χ1v) is 17.0. The Morgan fingerprint density at radius 2 is 1.63 bits per heavy atom. The fourth-order valence-electron chi connectivity index (χ4n) is 5.15. The molecule has 2 saturated carbocycles. The van der Waals surface area contributed by atoms with Gasteiger partial charge in [-0.25, -0.2) is 8.42 Å². The number of rotatable bonds is 15. The van der Waals surface area contributed by atoms with Crippen molar-refractivity contribution >= 4 is 39.0 Å². The number of halogens is 4. The van der Waals surface area contributed by atoms with Gasteiger partial charge in [-0.2, -0.15) is 28.1 Å². The van der Waals surface area contributed by atoms with Crippen LogP contribution in [-0.2, 0) is 26.6 Å². The maximum Gasteiger partial charge on any atom is 0.422 e. The van der Waals surface area contributed by atoms with Gasteiger partial charge in [0.05, 0.1) is 10.8 Å². The summed E-state index contributed by atoms with van der Waals surface area (Å²) in [6.45, 7) is 1.52. The molecule has 0 unspecified atom stereocenters. The summed E-state index contributed by atoms with van der Waals surface area (Å²) in [6, 6.07) is 13.4. The van der Waals surface area contributed by atoms with E-state index in [0.717, 1.165) is 18.4 Å². The number of aromatic nitrogens is 3. The van der Waals surface area contributed by atoms with Crippen LogP contribution in [0.1, 0.15) is 79.7 Å². The molecule has 2 aliphatic carbocycles. The van der Waals surface area contributed by atoms with Crippen LogP contribution in [0.3, 0.4) is 0 Å². The summed E-state index contributed by atoms with van der Waals surface area (Å²) in [5.74, 6) is -0.761. The largest absolute Gasteiger partial charge is 0.454 e. The van der Waals surface area contributed by atoms with E-state index in [0.29, 0.717) is 35.4 Å². The van der Waals surface area contributed by atoms with E-state index in [9.17, 15) is 31.2 Å². The van der Waals surface area contributed by atoms with Crippen LogP contribution in [0.5, 0.6) is 6.01 Å². The van der Waals surface area contributed by atoms with Crippen molar-refractivity contribution in [1.29, 1.82) is 0 Å². The molecule has 0 bridgehead atoms. The van der Waals surface area contributed by atoms with Crippen molar-refractivity contribution in [2.75, 3.05) is 17.7 Å². The molecular weight excluding hydrogens is 645 g/mol. The quantitative estimate of drug-likeness (QED) is 0.184. The molecule has 246 valence electrons. The molecule has 1 N–H and O–H groups in total. The van der Waals surface area contributed by atoms with Crippen molar-refractivity contribution in [3.8, 4) is 6.01 Å². The van der Waals surface area contributed by atoms with Crippen LogP contribution in [0.2, 0.25) is 5.02 Å². The monoisotopic (exact) mass is 678 g/mol. The summed E-state index contributed by atoms with van der Waals surface area (Å²) in [4.78, 5) is 38.3. The number of nitrogens with zero attached hydrogens (tertiary/aromatic N) is 3. The lowest BCUT2D eigenvalue weighted by Crippen LogP contribution is -2.29. The SMILES string of the molecule is CC(C)S(=O)(=O)CC(=O)C1(CCC(=O)c2ccc(Cc3nc(NC4(c5ccc(Cl)cc5)CC4)nc(OCC(F)(F)F)n3)cc2)CC1. The molecule has 0 spiro atoms. The minimum Gasteiger partial charge on any atom is -0.454 e. The highest BCUT2D eigenvalue weighted by molar-refractivity contribution is 7.92. The van der Waals surface area contributed by atoms with Gasteiger partial charge >= 0.3 is 12.2 Å². The number of nitrogens with one attached hydrogen (secondary N) is 1. The van der Waals surface area contributed by atoms with Gasteiger partial charge in [-0.05, 0) is 69.2 Å². The van der Waals surface area contributed by atoms with Gasteiger partial charge in [0.1, 0.15) is 11.6 Å². The first-order chi connectivity index (χ1) is 21.6. The Hall–Kier alpha value is -3.58. The highest BCUT2D eigenvalue weighted by atomic mass is 35.5. The second-order valence-corrected chi connectivity index (χ2v) is 15.3. The average Bonchev–Trinajstić information content (AvgIpc) is 3.92. The maximum atomic E-state index is 12.9. The van der Waals surface area contributed by atoms with Crippen LogP contribution in [0.15, 0.2) is 48.5 Å². The van der Waals surface area contributed by atoms with E-state index in [2.05, 4.69) is 20.3 Å². The standard InChI is InChI=1S/C32H34ClF3N4O5S/c1-20(2)46(43,44)18-26(42)30(13-14-30)12-11-25(41)22-5-3-21(4-6-22)17-27-37-28(39-29(38-27)45-19-32(34,35)36)40-31(15-16-31)23-7-9-24(33)10-8-23/h3-10,20H,11-19H2,1-2H3,(H,37,38,39,40). The van der Waals surface area contributed by atoms with Crippen molar-refractivity contribution in [3.63, 3.8) is 0 Å². The minimum absolute atomic E-state index is 0.0752. The predicted molar refractivity (Wildman–Crippen MR) is 166 cm³/mol. The van der Waals surface area contributed by atoms with E-state index in [4.69, 9.17) is 16.3 Å². The molecule has 14 heteroatoms. The lowest BCUT2D eigenvalue weighted by molar-refractivity contribution is -0.154. The fraction of sp³-hybridized carbons (Fsp3) is 0.469. The predicted octanol–water partition coefficient (Wildman–Crippen LogP) is 6.29. The molecule has 2 aromatic carbocycles. The molecule has 3 aromatic rings. The zero-order chi connectivity index (χ0) is 33.3. The first-order valence-electron chi connectivity index (χ1n) is 14.9. The Labute approximate surface area is 270 Å². The van der Waals surface area contributed by atoms with Gasteiger partial charge in [0.2, 0.25) is 5.95 Å². The van der Waals surface area contributed by atoms with Crippen molar-refractivity contribution < 1.29 is 35.9 Å². The third-order valence-electron chi connectivity index (χ3n) is 8.49. The molecule has 0 aliphatic heterocycles. The van der Waals surface area contributed by atoms with Gasteiger partial charge in [-0.1, -0.05) is 48.0 Å². The lowest BCUT2D eigenvalue weighted by Gasteiger charge is -2.19. The van der Waals surface area contributed by atoms with E-state index in [-0.39, 0.29) is 36.2 Å². The topological polar surface area (TPSA) is 128 Å². The number of ketones is 2. The summed E-state index contributed by atoms with van der Waals surface area (Å²) < 4.78 is 68.0. The zero-order valence-corrected chi connectivity index (χ0v) is 26.9. The molecule has 0 saturated heterocycles. The number of ether oxygens (including phenoxy) is 1. The van der Waals surface area contributed by atoms with Crippen LogP contribution in [0.25, 0.3) is 0 Å². The summed E-state index contributed by atoms with van der Waals surface area (Å²) in [5, 5.41) is 3.18. The van der Waals surface area contributed by atoms with E-state index >= 15 is 0 Å². The number of anilines is 1. The minimum atomic E-state index is -4.58. The molecule has 1 heterocycles. The van der Waals surface area contributed by atoms with E-state index in [1.54, 1.807) is 50.2 Å². The second kappa shape index (κ2) is 12.9. The highest BCUT2D eigenvalue weighted by Crippen LogP contribution is 2.51. The van der Waals surface area contributed by atoms with Crippen LogP contribution >= 0.6 is 11.6 Å². The lowest BCUT2D eigenvalue weighted by atomic mass is 9.92. The van der Waals surface area contributed by atoms with Crippen LogP contribution < -0.4 is 10.1 Å². The Morgan fingerprint density at radius 1 is 0.978 bits per heavy atom. The molecule has 9 nitrogen and oxygen atoms in total. The second-order valence-electron chi connectivity index (χ2n) is 12.3. The van der Waals surface area contributed by atoms with E-state index < -0.39 is 50.6 Å².